The Morgan fingerprint density at radius 2 is 2.00 bits per heavy atom. The van der Waals surface area contributed by atoms with E-state index in [0.29, 0.717) is 6.42 Å². The van der Waals surface area contributed by atoms with Gasteiger partial charge in [-0.1, -0.05) is 30.4 Å². The summed E-state index contributed by atoms with van der Waals surface area (Å²) >= 11 is 0. The van der Waals surface area contributed by atoms with Crippen molar-refractivity contribution in [2.24, 2.45) is 0 Å². The molecule has 4 nitrogen and oxygen atoms in total. The lowest BCUT2D eigenvalue weighted by Crippen LogP contribution is -2.15. The molecular formula is C19H26O4. The van der Waals surface area contributed by atoms with Gasteiger partial charge in [-0.2, -0.15) is 0 Å². The Hall–Kier alpha value is -2.23. The first-order valence-electron chi connectivity index (χ1n) is 8.03. The average Bonchev–Trinajstić information content (AvgIpc) is 2.55. The zero-order valence-corrected chi connectivity index (χ0v) is 13.6. The Balaban J connectivity index is 2.54. The highest BCUT2D eigenvalue weighted by Crippen LogP contribution is 2.19. The maximum absolute atomic E-state index is 10.6. The minimum absolute atomic E-state index is 0.100. The Morgan fingerprint density at radius 3 is 2.61 bits per heavy atom. The van der Waals surface area contributed by atoms with Crippen LogP contribution in [0.4, 0.5) is 0 Å². The number of allylic oxidation sites excluding steroid dienone is 2. The third-order valence-corrected chi connectivity index (χ3v) is 3.49. The number of carboxylic acids is 1. The second kappa shape index (κ2) is 11.4. The van der Waals surface area contributed by atoms with Gasteiger partial charge < -0.3 is 14.9 Å². The third kappa shape index (κ3) is 8.71. The number of rotatable bonds is 11. The number of benzene rings is 1. The molecule has 0 saturated carbocycles. The number of aliphatic hydroxyl groups is 1. The molecule has 0 saturated heterocycles. The van der Waals surface area contributed by atoms with Crippen molar-refractivity contribution in [3.63, 3.8) is 0 Å². The largest absolute Gasteiger partial charge is 0.516 e. The number of aryl methyl sites for hydroxylation is 1. The molecule has 0 spiro atoms. The standard InChI is InChI=1S/C19H26O4/c1-2-3-7-17(8-5-4-6-15-20)23-18-12-9-16(10-13-18)11-14-19(21)22/h2-3,6,9-10,12-13,15,17,20H,4-5,7-8,11,14H2,1H3,(H,21,22)/b3-2-,15-6+. The molecule has 1 aromatic rings. The van der Waals surface area contributed by atoms with E-state index in [2.05, 4.69) is 6.08 Å². The summed E-state index contributed by atoms with van der Waals surface area (Å²) in [7, 11) is 0. The predicted molar refractivity (Wildman–Crippen MR) is 91.9 cm³/mol. The maximum atomic E-state index is 10.6. The molecule has 0 fully saturated rings. The average molecular weight is 318 g/mol. The lowest BCUT2D eigenvalue weighted by atomic mass is 10.1. The zero-order chi connectivity index (χ0) is 16.9. The van der Waals surface area contributed by atoms with Crippen molar-refractivity contribution in [1.82, 2.24) is 0 Å². The lowest BCUT2D eigenvalue weighted by Gasteiger charge is -2.18. The van der Waals surface area contributed by atoms with Crippen LogP contribution in [0, 0.1) is 0 Å². The van der Waals surface area contributed by atoms with Crippen LogP contribution in [0.15, 0.2) is 48.8 Å². The summed E-state index contributed by atoms with van der Waals surface area (Å²) in [5.41, 5.74) is 0.998. The van der Waals surface area contributed by atoms with E-state index in [9.17, 15) is 4.79 Å². The number of hydrogen-bond acceptors (Lipinski definition) is 3. The summed E-state index contributed by atoms with van der Waals surface area (Å²) in [6, 6.07) is 7.62. The molecule has 0 aliphatic carbocycles. The molecule has 0 aromatic heterocycles. The molecule has 2 N–H and O–H groups in total. The van der Waals surface area contributed by atoms with Crippen molar-refractivity contribution < 1.29 is 19.7 Å². The van der Waals surface area contributed by atoms with Crippen LogP contribution in [0.3, 0.4) is 0 Å². The SMILES string of the molecule is C/C=C\CC(CCC/C=C/O)Oc1ccc(CCC(=O)O)cc1. The van der Waals surface area contributed by atoms with E-state index < -0.39 is 5.97 Å². The number of carbonyl (C=O) groups is 1. The summed E-state index contributed by atoms with van der Waals surface area (Å²) in [4.78, 5) is 10.6. The highest BCUT2D eigenvalue weighted by Gasteiger charge is 2.09. The Bertz CT molecular complexity index is 503. The number of carboxylic acid groups (broad SMARTS) is 1. The Labute approximate surface area is 138 Å². The second-order valence-corrected chi connectivity index (χ2v) is 5.40. The second-order valence-electron chi connectivity index (χ2n) is 5.40. The molecule has 0 aliphatic heterocycles. The monoisotopic (exact) mass is 318 g/mol. The predicted octanol–water partition coefficient (Wildman–Crippen LogP) is 4.66. The molecular weight excluding hydrogens is 292 g/mol. The van der Waals surface area contributed by atoms with Gasteiger partial charge in [-0.05, 0) is 50.3 Å². The van der Waals surface area contributed by atoms with Gasteiger partial charge in [-0.3, -0.25) is 4.79 Å². The summed E-state index contributed by atoms with van der Waals surface area (Å²) in [6.45, 7) is 1.99. The Morgan fingerprint density at radius 1 is 1.26 bits per heavy atom. The first kappa shape index (κ1) is 18.8. The number of aliphatic hydroxyl groups excluding tert-OH is 1. The van der Waals surface area contributed by atoms with Crippen LogP contribution in [-0.4, -0.2) is 22.3 Å². The van der Waals surface area contributed by atoms with Gasteiger partial charge in [-0.25, -0.2) is 0 Å². The van der Waals surface area contributed by atoms with Crippen molar-refractivity contribution >= 4 is 5.97 Å². The highest BCUT2D eigenvalue weighted by molar-refractivity contribution is 5.67. The van der Waals surface area contributed by atoms with Gasteiger partial charge >= 0.3 is 5.97 Å². The quantitative estimate of drug-likeness (QED) is 0.354. The fraction of sp³-hybridized carbons (Fsp3) is 0.421. The van der Waals surface area contributed by atoms with Gasteiger partial charge in [0, 0.05) is 12.8 Å². The summed E-state index contributed by atoms with van der Waals surface area (Å²) < 4.78 is 6.02. The summed E-state index contributed by atoms with van der Waals surface area (Å²) in [5, 5.41) is 17.4. The van der Waals surface area contributed by atoms with Crippen molar-refractivity contribution in [3.05, 3.63) is 54.3 Å². The molecule has 0 aliphatic rings. The summed E-state index contributed by atoms with van der Waals surface area (Å²) in [6.07, 6.45) is 11.2. The molecule has 23 heavy (non-hydrogen) atoms. The minimum Gasteiger partial charge on any atom is -0.516 e. The Kier molecular flexibility index (Phi) is 9.29. The van der Waals surface area contributed by atoms with E-state index in [1.54, 1.807) is 6.08 Å². The topological polar surface area (TPSA) is 66.8 Å². The van der Waals surface area contributed by atoms with Gasteiger partial charge in [0.1, 0.15) is 11.9 Å². The van der Waals surface area contributed by atoms with Crippen molar-refractivity contribution in [3.8, 4) is 5.75 Å². The molecule has 0 radical (unpaired) electrons. The van der Waals surface area contributed by atoms with Gasteiger partial charge in [0.15, 0.2) is 0 Å². The van der Waals surface area contributed by atoms with Crippen LogP contribution in [0.25, 0.3) is 0 Å². The number of ether oxygens (including phenoxy) is 1. The van der Waals surface area contributed by atoms with Crippen LogP contribution in [-0.2, 0) is 11.2 Å². The van der Waals surface area contributed by atoms with E-state index in [-0.39, 0.29) is 12.5 Å². The van der Waals surface area contributed by atoms with Crippen molar-refractivity contribution in [2.45, 2.75) is 51.6 Å². The lowest BCUT2D eigenvalue weighted by molar-refractivity contribution is -0.136. The molecule has 0 bridgehead atoms. The van der Waals surface area contributed by atoms with Crippen LogP contribution in [0.5, 0.6) is 5.75 Å². The molecule has 0 heterocycles. The molecule has 4 heteroatoms. The van der Waals surface area contributed by atoms with E-state index >= 15 is 0 Å². The van der Waals surface area contributed by atoms with E-state index in [1.807, 2.05) is 37.3 Å². The molecule has 1 atom stereocenters. The highest BCUT2D eigenvalue weighted by atomic mass is 16.5. The van der Waals surface area contributed by atoms with E-state index in [1.165, 1.54) is 0 Å². The van der Waals surface area contributed by atoms with Gasteiger partial charge in [0.25, 0.3) is 0 Å². The summed E-state index contributed by atoms with van der Waals surface area (Å²) in [5.74, 6) is 0.0185. The molecule has 1 unspecified atom stereocenters. The number of hydrogen-bond donors (Lipinski definition) is 2. The zero-order valence-electron chi connectivity index (χ0n) is 13.6. The molecule has 1 rings (SSSR count). The first-order chi connectivity index (χ1) is 11.2. The van der Waals surface area contributed by atoms with Crippen molar-refractivity contribution in [2.75, 3.05) is 0 Å². The van der Waals surface area contributed by atoms with Crippen LogP contribution >= 0.6 is 0 Å². The van der Waals surface area contributed by atoms with Gasteiger partial charge in [0.05, 0.1) is 6.26 Å². The van der Waals surface area contributed by atoms with Gasteiger partial charge in [0.2, 0.25) is 0 Å². The van der Waals surface area contributed by atoms with E-state index in [0.717, 1.165) is 43.3 Å². The molecule has 1 aromatic carbocycles. The first-order valence-corrected chi connectivity index (χ1v) is 8.03. The third-order valence-electron chi connectivity index (χ3n) is 3.49. The molecule has 0 amide bonds. The fourth-order valence-corrected chi connectivity index (χ4v) is 2.23. The van der Waals surface area contributed by atoms with Crippen LogP contribution in [0.1, 0.15) is 44.6 Å². The number of unbranched alkanes of at least 4 members (excludes halogenated alkanes) is 1. The fourth-order valence-electron chi connectivity index (χ4n) is 2.23. The maximum Gasteiger partial charge on any atom is 0.303 e. The normalized spacial score (nSPS) is 12.7. The van der Waals surface area contributed by atoms with Gasteiger partial charge in [-0.15, -0.1) is 0 Å². The molecule has 126 valence electrons. The van der Waals surface area contributed by atoms with E-state index in [4.69, 9.17) is 14.9 Å². The van der Waals surface area contributed by atoms with Crippen LogP contribution in [0.2, 0.25) is 0 Å². The minimum atomic E-state index is -0.784. The smallest absolute Gasteiger partial charge is 0.303 e. The van der Waals surface area contributed by atoms with Crippen LogP contribution < -0.4 is 4.74 Å². The number of aliphatic carboxylic acids is 1. The van der Waals surface area contributed by atoms with Crippen molar-refractivity contribution in [1.29, 1.82) is 0 Å².